The first-order valence-corrected chi connectivity index (χ1v) is 11.4. The first kappa shape index (κ1) is 22.9. The number of aryl methyl sites for hydroxylation is 1. The van der Waals surface area contributed by atoms with Crippen LogP contribution < -0.4 is 16.4 Å². The quantitative estimate of drug-likeness (QED) is 0.499. The van der Waals surface area contributed by atoms with Crippen LogP contribution in [0.1, 0.15) is 69.3 Å². The topological polar surface area (TPSA) is 96.3 Å². The Labute approximate surface area is 183 Å². The van der Waals surface area contributed by atoms with Gasteiger partial charge in [0, 0.05) is 11.9 Å². The summed E-state index contributed by atoms with van der Waals surface area (Å²) >= 11 is 0. The van der Waals surface area contributed by atoms with E-state index in [4.69, 9.17) is 0 Å². The molecule has 1 unspecified atom stereocenters. The van der Waals surface area contributed by atoms with Crippen molar-refractivity contribution in [3.05, 3.63) is 40.3 Å². The largest absolute Gasteiger partial charge is 0.292 e. The highest BCUT2D eigenvalue weighted by Gasteiger charge is 2.28. The van der Waals surface area contributed by atoms with Gasteiger partial charge in [-0.25, -0.2) is 4.68 Å². The third-order valence-electron chi connectivity index (χ3n) is 5.78. The van der Waals surface area contributed by atoms with Crippen molar-refractivity contribution in [2.45, 2.75) is 71.4 Å². The summed E-state index contributed by atoms with van der Waals surface area (Å²) in [5.74, 6) is -0.728. The summed E-state index contributed by atoms with van der Waals surface area (Å²) in [6, 6.07) is 6.72. The van der Waals surface area contributed by atoms with Crippen LogP contribution in [0.25, 0.3) is 10.8 Å². The fourth-order valence-corrected chi connectivity index (χ4v) is 4.17. The van der Waals surface area contributed by atoms with Crippen LogP contribution in [0.3, 0.4) is 0 Å². The number of aromatic nitrogens is 2. The number of hydrogen-bond donors (Lipinski definition) is 2. The van der Waals surface area contributed by atoms with Crippen molar-refractivity contribution in [3.8, 4) is 0 Å². The number of carbonyl (C=O) groups excluding carboxylic acids is 2. The molecule has 1 aromatic carbocycles. The first-order valence-electron chi connectivity index (χ1n) is 11.4. The molecule has 2 aromatic rings. The molecule has 1 saturated heterocycles. The van der Waals surface area contributed by atoms with Crippen molar-refractivity contribution in [2.24, 2.45) is 0 Å². The second-order valence-electron chi connectivity index (χ2n) is 8.12. The number of amides is 2. The molecule has 1 atom stereocenters. The molecule has 8 heteroatoms. The number of likely N-dealkylation sites (tertiary alicyclic amines) is 1. The van der Waals surface area contributed by atoms with Crippen LogP contribution in [-0.4, -0.2) is 45.6 Å². The summed E-state index contributed by atoms with van der Waals surface area (Å²) in [4.78, 5) is 40.6. The fourth-order valence-electron chi connectivity index (χ4n) is 4.17. The van der Waals surface area contributed by atoms with Crippen LogP contribution in [0.4, 0.5) is 0 Å². The van der Waals surface area contributed by atoms with E-state index in [2.05, 4.69) is 34.7 Å². The second kappa shape index (κ2) is 11.0. The second-order valence-corrected chi connectivity index (χ2v) is 8.12. The number of hydrogen-bond acceptors (Lipinski definition) is 5. The monoisotopic (exact) mass is 427 g/mol. The van der Waals surface area contributed by atoms with Crippen molar-refractivity contribution < 1.29 is 9.59 Å². The van der Waals surface area contributed by atoms with E-state index in [-0.39, 0.29) is 23.2 Å². The van der Waals surface area contributed by atoms with Crippen molar-refractivity contribution in [1.29, 1.82) is 0 Å². The third-order valence-corrected chi connectivity index (χ3v) is 5.78. The van der Waals surface area contributed by atoms with Gasteiger partial charge in [-0.3, -0.25) is 30.1 Å². The van der Waals surface area contributed by atoms with Gasteiger partial charge in [0.05, 0.1) is 11.4 Å². The smallest absolute Gasteiger partial charge is 0.290 e. The van der Waals surface area contributed by atoms with E-state index in [1.807, 2.05) is 0 Å². The van der Waals surface area contributed by atoms with Crippen molar-refractivity contribution >= 4 is 22.6 Å². The van der Waals surface area contributed by atoms with Gasteiger partial charge >= 0.3 is 0 Å². The minimum Gasteiger partial charge on any atom is -0.292 e. The van der Waals surface area contributed by atoms with Crippen molar-refractivity contribution in [2.75, 3.05) is 13.1 Å². The van der Waals surface area contributed by atoms with E-state index in [9.17, 15) is 14.4 Å². The lowest BCUT2D eigenvalue weighted by Gasteiger charge is -2.34. The van der Waals surface area contributed by atoms with Gasteiger partial charge in [-0.05, 0) is 44.8 Å². The summed E-state index contributed by atoms with van der Waals surface area (Å²) in [5.41, 5.74) is 5.04. The highest BCUT2D eigenvalue weighted by atomic mass is 16.2. The predicted molar refractivity (Wildman–Crippen MR) is 121 cm³/mol. The van der Waals surface area contributed by atoms with Crippen LogP contribution in [0.2, 0.25) is 0 Å². The number of nitrogens with one attached hydrogen (secondary N) is 2. The maximum atomic E-state index is 12.9. The molecule has 2 N–H and O–H groups in total. The minimum absolute atomic E-state index is 0.140. The molecule has 0 radical (unpaired) electrons. The number of nitrogens with zero attached hydrogens (tertiary/aromatic N) is 3. The molecule has 2 heterocycles. The van der Waals surface area contributed by atoms with Crippen LogP contribution in [0, 0.1) is 0 Å². The van der Waals surface area contributed by atoms with E-state index in [1.54, 1.807) is 24.3 Å². The molecule has 1 aliphatic heterocycles. The van der Waals surface area contributed by atoms with Gasteiger partial charge in [-0.2, -0.15) is 5.10 Å². The maximum absolute atomic E-state index is 12.9. The van der Waals surface area contributed by atoms with Gasteiger partial charge in [0.2, 0.25) is 0 Å². The van der Waals surface area contributed by atoms with Crippen LogP contribution in [0.15, 0.2) is 29.1 Å². The SMILES string of the molecule is CCCCCn1nc(C(=O)NNC(=O)C2CCCCN2CCC)c2ccccc2c1=O. The molecule has 8 nitrogen and oxygen atoms in total. The fraction of sp³-hybridized carbons (Fsp3) is 0.565. The van der Waals surface area contributed by atoms with Crippen molar-refractivity contribution in [3.63, 3.8) is 0 Å². The van der Waals surface area contributed by atoms with Gasteiger partial charge in [0.25, 0.3) is 17.4 Å². The molecule has 1 aromatic heterocycles. The Morgan fingerprint density at radius 3 is 2.55 bits per heavy atom. The highest BCUT2D eigenvalue weighted by molar-refractivity contribution is 6.05. The zero-order valence-electron chi connectivity index (χ0n) is 18.5. The molecule has 0 spiro atoms. The molecule has 0 saturated carbocycles. The molecule has 1 fully saturated rings. The molecule has 3 rings (SSSR count). The minimum atomic E-state index is -0.522. The third kappa shape index (κ3) is 5.50. The summed E-state index contributed by atoms with van der Waals surface area (Å²) in [7, 11) is 0. The Hall–Kier alpha value is -2.74. The molecule has 1 aliphatic rings. The molecule has 0 aliphatic carbocycles. The van der Waals surface area contributed by atoms with Gasteiger partial charge in [0.1, 0.15) is 0 Å². The number of piperidine rings is 1. The summed E-state index contributed by atoms with van der Waals surface area (Å²) in [6.07, 6.45) is 6.67. The number of hydrazine groups is 1. The predicted octanol–water partition coefficient (Wildman–Crippen LogP) is 2.61. The summed E-state index contributed by atoms with van der Waals surface area (Å²) in [5, 5.41) is 5.27. The lowest BCUT2D eigenvalue weighted by Crippen LogP contribution is -2.54. The molecule has 0 bridgehead atoms. The van der Waals surface area contributed by atoms with E-state index < -0.39 is 5.91 Å². The Morgan fingerprint density at radius 2 is 1.81 bits per heavy atom. The molecule has 31 heavy (non-hydrogen) atoms. The lowest BCUT2D eigenvalue weighted by molar-refractivity contribution is -0.128. The molecular formula is C23H33N5O3. The molecular weight excluding hydrogens is 394 g/mol. The highest BCUT2D eigenvalue weighted by Crippen LogP contribution is 2.17. The normalized spacial score (nSPS) is 16.9. The van der Waals surface area contributed by atoms with Gasteiger partial charge in [-0.1, -0.05) is 51.3 Å². The van der Waals surface area contributed by atoms with Gasteiger partial charge in [0.15, 0.2) is 5.69 Å². The molecule has 2 amide bonds. The van der Waals surface area contributed by atoms with Crippen LogP contribution in [-0.2, 0) is 11.3 Å². The number of carbonyl (C=O) groups is 2. The van der Waals surface area contributed by atoms with E-state index >= 15 is 0 Å². The Bertz CT molecular complexity index is 969. The van der Waals surface area contributed by atoms with Gasteiger partial charge in [-0.15, -0.1) is 0 Å². The Morgan fingerprint density at radius 1 is 1.03 bits per heavy atom. The Balaban J connectivity index is 1.77. The van der Waals surface area contributed by atoms with Crippen LogP contribution >= 0.6 is 0 Å². The number of unbranched alkanes of at least 4 members (excludes halogenated alkanes) is 2. The van der Waals surface area contributed by atoms with Gasteiger partial charge < -0.3 is 0 Å². The number of rotatable bonds is 8. The summed E-state index contributed by atoms with van der Waals surface area (Å²) in [6.45, 7) is 6.40. The standard InChI is InChI=1S/C23H33N5O3/c1-3-5-9-16-28-23(31)18-12-7-6-11-17(18)20(26-28)22(30)25-24-21(29)19-13-8-10-15-27(19)14-4-2/h6-7,11-12,19H,3-5,8-10,13-16H2,1-2H3,(H,24,29)(H,25,30). The molecule has 168 valence electrons. The average molecular weight is 428 g/mol. The Kier molecular flexibility index (Phi) is 8.17. The zero-order valence-corrected chi connectivity index (χ0v) is 18.5. The maximum Gasteiger partial charge on any atom is 0.290 e. The van der Waals surface area contributed by atoms with E-state index in [0.717, 1.165) is 58.0 Å². The first-order chi connectivity index (χ1) is 15.1. The van der Waals surface area contributed by atoms with E-state index in [0.29, 0.717) is 17.3 Å². The van der Waals surface area contributed by atoms with E-state index in [1.165, 1.54) is 4.68 Å². The zero-order chi connectivity index (χ0) is 22.2. The average Bonchev–Trinajstić information content (AvgIpc) is 2.79. The van der Waals surface area contributed by atoms with Crippen molar-refractivity contribution in [1.82, 2.24) is 25.5 Å². The lowest BCUT2D eigenvalue weighted by atomic mass is 10.0. The summed E-state index contributed by atoms with van der Waals surface area (Å²) < 4.78 is 1.36. The van der Waals surface area contributed by atoms with Crippen LogP contribution in [0.5, 0.6) is 0 Å². The number of benzene rings is 1. The number of fused-ring (bicyclic) bond motifs is 1.